The summed E-state index contributed by atoms with van der Waals surface area (Å²) < 4.78 is 0. The van der Waals surface area contributed by atoms with Gasteiger partial charge in [0.15, 0.2) is 0 Å². The molecule has 0 unspecified atom stereocenters. The maximum atomic E-state index is 12.3. The van der Waals surface area contributed by atoms with Crippen molar-refractivity contribution in [3.8, 4) is 0 Å². The summed E-state index contributed by atoms with van der Waals surface area (Å²) >= 11 is 0. The minimum atomic E-state index is -1.41. The van der Waals surface area contributed by atoms with E-state index in [0.29, 0.717) is 19.4 Å². The smallest absolute Gasteiger partial charge is 0.326 e. The summed E-state index contributed by atoms with van der Waals surface area (Å²) in [7, 11) is 0. The Morgan fingerprint density at radius 2 is 1.91 bits per heavy atom. The number of hydrogen-bond donors (Lipinski definition) is 4. The fourth-order valence-corrected chi connectivity index (χ4v) is 2.45. The van der Waals surface area contributed by atoms with Crippen LogP contribution in [0.5, 0.6) is 0 Å². The fraction of sp³-hybridized carbons (Fsp3) is 0.714. The molecule has 0 aliphatic carbocycles. The number of nitrogens with two attached hydrogens (primary N) is 2. The van der Waals surface area contributed by atoms with Crippen LogP contribution in [-0.2, 0) is 19.2 Å². The molecule has 23 heavy (non-hydrogen) atoms. The molecule has 6 N–H and O–H groups in total. The van der Waals surface area contributed by atoms with Crippen molar-refractivity contribution in [2.75, 3.05) is 6.54 Å². The van der Waals surface area contributed by atoms with Gasteiger partial charge in [-0.05, 0) is 18.8 Å². The molecule has 3 amide bonds. The molecule has 0 radical (unpaired) electrons. The Kier molecular flexibility index (Phi) is 6.49. The summed E-state index contributed by atoms with van der Waals surface area (Å²) in [6.45, 7) is 4.01. The molecule has 0 spiro atoms. The van der Waals surface area contributed by atoms with Gasteiger partial charge >= 0.3 is 5.97 Å². The molecule has 0 saturated carbocycles. The molecule has 9 nitrogen and oxygen atoms in total. The molecule has 0 aromatic heterocycles. The normalized spacial score (nSPS) is 20.2. The highest BCUT2D eigenvalue weighted by molar-refractivity contribution is 5.93. The number of carboxylic acid groups (broad SMARTS) is 1. The van der Waals surface area contributed by atoms with Crippen molar-refractivity contribution in [1.29, 1.82) is 0 Å². The number of nitrogens with zero attached hydrogens (tertiary/aromatic N) is 1. The number of rotatable bonds is 7. The van der Waals surface area contributed by atoms with E-state index < -0.39 is 42.3 Å². The molecule has 0 aromatic rings. The first-order valence-electron chi connectivity index (χ1n) is 7.52. The number of nitrogens with one attached hydrogen (secondary N) is 1. The van der Waals surface area contributed by atoms with Crippen molar-refractivity contribution in [3.63, 3.8) is 0 Å². The van der Waals surface area contributed by atoms with Crippen LogP contribution >= 0.6 is 0 Å². The van der Waals surface area contributed by atoms with Crippen LogP contribution in [0, 0.1) is 5.92 Å². The van der Waals surface area contributed by atoms with Crippen molar-refractivity contribution in [2.24, 2.45) is 17.4 Å². The van der Waals surface area contributed by atoms with E-state index in [9.17, 15) is 19.2 Å². The highest BCUT2D eigenvalue weighted by Crippen LogP contribution is 2.20. The van der Waals surface area contributed by atoms with Gasteiger partial charge in [0, 0.05) is 6.54 Å². The highest BCUT2D eigenvalue weighted by Gasteiger charge is 2.38. The van der Waals surface area contributed by atoms with Crippen LogP contribution in [0.1, 0.15) is 33.1 Å². The topological polar surface area (TPSA) is 156 Å². The zero-order valence-electron chi connectivity index (χ0n) is 13.3. The minimum Gasteiger partial charge on any atom is -0.480 e. The van der Waals surface area contributed by atoms with Crippen LogP contribution in [0.4, 0.5) is 0 Å². The van der Waals surface area contributed by atoms with Crippen LogP contribution in [0.15, 0.2) is 0 Å². The van der Waals surface area contributed by atoms with Gasteiger partial charge in [0.05, 0.1) is 12.5 Å². The van der Waals surface area contributed by atoms with Crippen LogP contribution in [0.2, 0.25) is 0 Å². The number of carboxylic acids is 1. The van der Waals surface area contributed by atoms with E-state index in [2.05, 4.69) is 5.32 Å². The van der Waals surface area contributed by atoms with Gasteiger partial charge in [-0.3, -0.25) is 14.4 Å². The van der Waals surface area contributed by atoms with Gasteiger partial charge in [-0.2, -0.15) is 0 Å². The van der Waals surface area contributed by atoms with E-state index in [0.717, 1.165) is 0 Å². The molecular weight excluding hydrogens is 304 g/mol. The van der Waals surface area contributed by atoms with Crippen molar-refractivity contribution in [2.45, 2.75) is 51.2 Å². The lowest BCUT2D eigenvalue weighted by molar-refractivity contribution is -0.145. The molecule has 130 valence electrons. The molecular formula is C14H24N4O5. The number of amides is 3. The Morgan fingerprint density at radius 1 is 1.30 bits per heavy atom. The summed E-state index contributed by atoms with van der Waals surface area (Å²) in [6, 6.07) is -2.90. The second kappa shape index (κ2) is 7.91. The zero-order chi connectivity index (χ0) is 17.7. The van der Waals surface area contributed by atoms with E-state index in [1.165, 1.54) is 4.90 Å². The number of hydrogen-bond acceptors (Lipinski definition) is 5. The summed E-state index contributed by atoms with van der Waals surface area (Å²) in [5.41, 5.74) is 10.8. The molecule has 1 rings (SSSR count). The Balaban J connectivity index is 2.79. The standard InChI is InChI=1S/C14H24N4O5/c1-7(2)11(16)13(21)18-5-3-4-9(18)12(20)17-8(14(22)23)6-10(15)19/h7-9,11H,3-6,16H2,1-2H3,(H2,15,19)(H,17,20)(H,22,23)/t8-,9-,11-/m0/s1. The Bertz CT molecular complexity index is 494. The monoisotopic (exact) mass is 328 g/mol. The first kappa shape index (κ1) is 18.9. The van der Waals surface area contributed by atoms with Gasteiger partial charge in [-0.1, -0.05) is 13.8 Å². The Morgan fingerprint density at radius 3 is 2.39 bits per heavy atom. The van der Waals surface area contributed by atoms with Gasteiger partial charge in [0.25, 0.3) is 0 Å². The first-order chi connectivity index (χ1) is 10.6. The van der Waals surface area contributed by atoms with Crippen molar-refractivity contribution in [3.05, 3.63) is 0 Å². The van der Waals surface area contributed by atoms with Gasteiger partial charge in [0.1, 0.15) is 12.1 Å². The molecule has 1 fully saturated rings. The average molecular weight is 328 g/mol. The largest absolute Gasteiger partial charge is 0.480 e. The van der Waals surface area contributed by atoms with Crippen LogP contribution in [0.25, 0.3) is 0 Å². The molecule has 1 aliphatic heterocycles. The third kappa shape index (κ3) is 4.92. The number of primary amides is 1. The van der Waals surface area contributed by atoms with Crippen LogP contribution in [0.3, 0.4) is 0 Å². The maximum Gasteiger partial charge on any atom is 0.326 e. The molecule has 3 atom stereocenters. The van der Waals surface area contributed by atoms with Crippen LogP contribution in [-0.4, -0.2) is 58.4 Å². The summed E-state index contributed by atoms with van der Waals surface area (Å²) in [5, 5.41) is 11.3. The van der Waals surface area contributed by atoms with Crippen LogP contribution < -0.4 is 16.8 Å². The average Bonchev–Trinajstić information content (AvgIpc) is 2.93. The zero-order valence-corrected chi connectivity index (χ0v) is 13.3. The minimum absolute atomic E-state index is 0.0755. The van der Waals surface area contributed by atoms with Gasteiger partial charge in [-0.25, -0.2) is 4.79 Å². The predicted molar refractivity (Wildman–Crippen MR) is 80.9 cm³/mol. The first-order valence-corrected chi connectivity index (χ1v) is 7.52. The molecule has 1 saturated heterocycles. The van der Waals surface area contributed by atoms with Crippen molar-refractivity contribution < 1.29 is 24.3 Å². The van der Waals surface area contributed by atoms with E-state index in [1.807, 2.05) is 0 Å². The number of carbonyl (C=O) groups is 4. The third-order valence-electron chi connectivity index (χ3n) is 3.86. The summed E-state index contributed by atoms with van der Waals surface area (Å²) in [5.74, 6) is -3.21. The number of aliphatic carboxylic acids is 1. The molecule has 0 aromatic carbocycles. The van der Waals surface area contributed by atoms with E-state index in [4.69, 9.17) is 16.6 Å². The lowest BCUT2D eigenvalue weighted by Gasteiger charge is -2.28. The summed E-state index contributed by atoms with van der Waals surface area (Å²) in [4.78, 5) is 48.0. The van der Waals surface area contributed by atoms with Gasteiger partial charge in [-0.15, -0.1) is 0 Å². The third-order valence-corrected chi connectivity index (χ3v) is 3.86. The Hall–Kier alpha value is -2.16. The SMILES string of the molecule is CC(C)[C@H](N)C(=O)N1CCC[C@H]1C(=O)N[C@@H](CC(N)=O)C(=O)O. The number of likely N-dealkylation sites (tertiary alicyclic amines) is 1. The second-order valence-corrected chi connectivity index (χ2v) is 6.03. The lowest BCUT2D eigenvalue weighted by atomic mass is 10.0. The Labute approximate surface area is 134 Å². The second-order valence-electron chi connectivity index (χ2n) is 6.03. The van der Waals surface area contributed by atoms with E-state index in [1.54, 1.807) is 13.8 Å². The van der Waals surface area contributed by atoms with Crippen molar-refractivity contribution in [1.82, 2.24) is 10.2 Å². The van der Waals surface area contributed by atoms with Crippen molar-refractivity contribution >= 4 is 23.7 Å². The quantitative estimate of drug-likeness (QED) is 0.441. The summed E-state index contributed by atoms with van der Waals surface area (Å²) in [6.07, 6.45) is 0.542. The maximum absolute atomic E-state index is 12.3. The highest BCUT2D eigenvalue weighted by atomic mass is 16.4. The van der Waals surface area contributed by atoms with E-state index >= 15 is 0 Å². The van der Waals surface area contributed by atoms with Gasteiger partial charge in [0.2, 0.25) is 17.7 Å². The fourth-order valence-electron chi connectivity index (χ4n) is 2.45. The number of carbonyl (C=O) groups excluding carboxylic acids is 3. The molecule has 1 heterocycles. The molecule has 1 aliphatic rings. The molecule has 9 heteroatoms. The predicted octanol–water partition coefficient (Wildman–Crippen LogP) is -1.59. The molecule has 0 bridgehead atoms. The lowest BCUT2D eigenvalue weighted by Crippen LogP contribution is -2.55. The van der Waals surface area contributed by atoms with Gasteiger partial charge < -0.3 is 26.8 Å². The van der Waals surface area contributed by atoms with E-state index in [-0.39, 0.29) is 11.8 Å².